The minimum absolute atomic E-state index is 0. The van der Waals surface area contributed by atoms with Gasteiger partial charge in [-0.2, -0.15) is 0 Å². The van der Waals surface area contributed by atoms with Crippen molar-refractivity contribution in [2.45, 2.75) is 26.3 Å². The van der Waals surface area contributed by atoms with E-state index in [-0.39, 0.29) is 12.4 Å². The largest absolute Gasteiger partial charge is 1.00 e. The SMILES string of the molecule is C=Cn1cc[n+](CCCC)c1.CO.[Cl-]. The molecular formula is C10H19ClN2O. The lowest BCUT2D eigenvalue weighted by Crippen LogP contribution is -3.00. The standard InChI is InChI=1S/C9H15N2.CH4O.ClH/c1-3-5-6-11-8-7-10(4-2)9-11;1-2;/h4,7-9H,2-3,5-6H2,1H3;2H,1H3;1H/q+1;;/p-1. The predicted molar refractivity (Wildman–Crippen MR) is 54.1 cm³/mol. The zero-order valence-corrected chi connectivity index (χ0v) is 9.61. The number of unbranched alkanes of at least 4 members (excludes halogenated alkanes) is 1. The molecule has 0 aliphatic carbocycles. The van der Waals surface area contributed by atoms with Gasteiger partial charge in [-0.3, -0.25) is 0 Å². The molecule has 0 unspecified atom stereocenters. The molecule has 4 heteroatoms. The molecule has 0 amide bonds. The highest BCUT2D eigenvalue weighted by molar-refractivity contribution is 5.12. The molecule has 0 spiro atoms. The topological polar surface area (TPSA) is 29.0 Å². The third-order valence-corrected chi connectivity index (χ3v) is 1.69. The van der Waals surface area contributed by atoms with E-state index in [2.05, 4.69) is 24.3 Å². The summed E-state index contributed by atoms with van der Waals surface area (Å²) in [7, 11) is 1.00. The summed E-state index contributed by atoms with van der Waals surface area (Å²) in [5, 5.41) is 7.00. The van der Waals surface area contributed by atoms with Crippen LogP contribution in [0.25, 0.3) is 6.20 Å². The molecule has 14 heavy (non-hydrogen) atoms. The van der Waals surface area contributed by atoms with Gasteiger partial charge in [-0.1, -0.05) is 19.9 Å². The summed E-state index contributed by atoms with van der Waals surface area (Å²) in [6.07, 6.45) is 10.4. The molecule has 3 nitrogen and oxygen atoms in total. The lowest BCUT2D eigenvalue weighted by atomic mass is 10.3. The van der Waals surface area contributed by atoms with E-state index in [1.807, 2.05) is 17.1 Å². The zero-order valence-electron chi connectivity index (χ0n) is 8.86. The maximum atomic E-state index is 7.00. The highest BCUT2D eigenvalue weighted by atomic mass is 35.5. The van der Waals surface area contributed by atoms with E-state index in [9.17, 15) is 0 Å². The normalized spacial score (nSPS) is 8.21. The van der Waals surface area contributed by atoms with Crippen LogP contribution in [0.3, 0.4) is 0 Å². The van der Waals surface area contributed by atoms with Crippen LogP contribution in [0.2, 0.25) is 0 Å². The van der Waals surface area contributed by atoms with Crippen LogP contribution in [0.5, 0.6) is 0 Å². The first-order valence-corrected chi connectivity index (χ1v) is 4.50. The number of nitrogens with zero attached hydrogens (tertiary/aromatic N) is 2. The summed E-state index contributed by atoms with van der Waals surface area (Å²) in [5.41, 5.74) is 0. The Morgan fingerprint density at radius 2 is 2.14 bits per heavy atom. The number of halogens is 1. The molecule has 0 radical (unpaired) electrons. The van der Waals surface area contributed by atoms with Crippen LogP contribution in [0.4, 0.5) is 0 Å². The van der Waals surface area contributed by atoms with Crippen molar-refractivity contribution >= 4 is 6.20 Å². The Labute approximate surface area is 92.1 Å². The summed E-state index contributed by atoms with van der Waals surface area (Å²) < 4.78 is 4.13. The molecule has 0 fully saturated rings. The van der Waals surface area contributed by atoms with Crippen LogP contribution in [0.15, 0.2) is 25.3 Å². The number of rotatable bonds is 4. The summed E-state index contributed by atoms with van der Waals surface area (Å²) in [6, 6.07) is 0. The number of hydrogen-bond acceptors (Lipinski definition) is 1. The first kappa shape index (κ1) is 15.7. The molecule has 1 aromatic rings. The average molecular weight is 219 g/mol. The minimum atomic E-state index is 0. The van der Waals surface area contributed by atoms with Crippen molar-refractivity contribution in [3.05, 3.63) is 25.3 Å². The lowest BCUT2D eigenvalue weighted by Gasteiger charge is -1.90. The second kappa shape index (κ2) is 10.3. The lowest BCUT2D eigenvalue weighted by molar-refractivity contribution is -0.696. The van der Waals surface area contributed by atoms with Crippen molar-refractivity contribution in [1.29, 1.82) is 0 Å². The Bertz CT molecular complexity index is 236. The Balaban J connectivity index is 0. The molecule has 1 rings (SSSR count). The molecule has 1 aromatic heterocycles. The van der Waals surface area contributed by atoms with Gasteiger partial charge < -0.3 is 17.5 Å². The number of hydrogen-bond donors (Lipinski definition) is 1. The summed E-state index contributed by atoms with van der Waals surface area (Å²) in [6.45, 7) is 6.98. The van der Waals surface area contributed by atoms with E-state index >= 15 is 0 Å². The van der Waals surface area contributed by atoms with Gasteiger partial charge in [0.1, 0.15) is 12.4 Å². The van der Waals surface area contributed by atoms with Gasteiger partial charge in [0.05, 0.1) is 12.7 Å². The number of aliphatic hydroxyl groups excluding tert-OH is 1. The third-order valence-electron chi connectivity index (χ3n) is 1.69. The Morgan fingerprint density at radius 1 is 1.50 bits per heavy atom. The predicted octanol–water partition coefficient (Wildman–Crippen LogP) is -1.71. The fraction of sp³-hybridized carbons (Fsp3) is 0.500. The van der Waals surface area contributed by atoms with Crippen LogP contribution in [0.1, 0.15) is 19.8 Å². The molecule has 0 aliphatic rings. The van der Waals surface area contributed by atoms with Gasteiger partial charge in [0.15, 0.2) is 0 Å². The molecule has 82 valence electrons. The molecule has 0 aromatic carbocycles. The fourth-order valence-corrected chi connectivity index (χ4v) is 0.992. The van der Waals surface area contributed by atoms with E-state index in [4.69, 9.17) is 5.11 Å². The van der Waals surface area contributed by atoms with Gasteiger partial charge in [-0.25, -0.2) is 9.13 Å². The first-order chi connectivity index (χ1) is 6.36. The van der Waals surface area contributed by atoms with Crippen molar-refractivity contribution < 1.29 is 22.1 Å². The molecule has 1 N–H and O–H groups in total. The zero-order chi connectivity index (χ0) is 10.1. The maximum absolute atomic E-state index is 7.00. The van der Waals surface area contributed by atoms with Gasteiger partial charge >= 0.3 is 0 Å². The number of aliphatic hydroxyl groups is 1. The van der Waals surface area contributed by atoms with Crippen molar-refractivity contribution in [3.8, 4) is 0 Å². The van der Waals surface area contributed by atoms with E-state index < -0.39 is 0 Å². The molecule has 0 atom stereocenters. The molecule has 0 saturated carbocycles. The molecule has 1 heterocycles. The Morgan fingerprint density at radius 3 is 2.57 bits per heavy atom. The van der Waals surface area contributed by atoms with Crippen molar-refractivity contribution in [1.82, 2.24) is 4.57 Å². The Kier molecular flexibility index (Phi) is 11.5. The van der Waals surface area contributed by atoms with Crippen LogP contribution in [-0.2, 0) is 6.54 Å². The highest BCUT2D eigenvalue weighted by Crippen LogP contribution is 1.88. The van der Waals surface area contributed by atoms with E-state index in [0.29, 0.717) is 0 Å². The number of aryl methyl sites for hydroxylation is 1. The van der Waals surface area contributed by atoms with Gasteiger partial charge in [0.2, 0.25) is 6.33 Å². The van der Waals surface area contributed by atoms with Crippen LogP contribution < -0.4 is 17.0 Å². The smallest absolute Gasteiger partial charge is 0.248 e. The fourth-order valence-electron chi connectivity index (χ4n) is 0.992. The average Bonchev–Trinajstić information content (AvgIpc) is 2.65. The molecule has 0 bridgehead atoms. The first-order valence-electron chi connectivity index (χ1n) is 4.50. The molecule has 0 saturated heterocycles. The quantitative estimate of drug-likeness (QED) is 0.600. The number of aromatic nitrogens is 2. The van der Waals surface area contributed by atoms with Gasteiger partial charge in [-0.15, -0.1) is 0 Å². The van der Waals surface area contributed by atoms with Crippen molar-refractivity contribution in [3.63, 3.8) is 0 Å². The van der Waals surface area contributed by atoms with E-state index in [0.717, 1.165) is 13.7 Å². The molecule has 0 aliphatic heterocycles. The van der Waals surface area contributed by atoms with Crippen LogP contribution >= 0.6 is 0 Å². The van der Waals surface area contributed by atoms with Crippen LogP contribution in [-0.4, -0.2) is 16.8 Å². The van der Waals surface area contributed by atoms with E-state index in [1.54, 1.807) is 6.20 Å². The highest BCUT2D eigenvalue weighted by Gasteiger charge is 1.97. The van der Waals surface area contributed by atoms with Gasteiger partial charge in [-0.05, 0) is 6.42 Å². The van der Waals surface area contributed by atoms with Crippen LogP contribution in [0, 0.1) is 0 Å². The number of imidazole rings is 1. The summed E-state index contributed by atoms with van der Waals surface area (Å²) in [5.74, 6) is 0. The molecular weight excluding hydrogens is 200 g/mol. The summed E-state index contributed by atoms with van der Waals surface area (Å²) >= 11 is 0. The summed E-state index contributed by atoms with van der Waals surface area (Å²) in [4.78, 5) is 0. The second-order valence-corrected chi connectivity index (χ2v) is 2.63. The van der Waals surface area contributed by atoms with Crippen molar-refractivity contribution in [2.24, 2.45) is 0 Å². The van der Waals surface area contributed by atoms with Gasteiger partial charge in [0, 0.05) is 7.11 Å². The Hall–Kier alpha value is -0.800. The van der Waals surface area contributed by atoms with E-state index in [1.165, 1.54) is 12.8 Å². The van der Waals surface area contributed by atoms with Crippen molar-refractivity contribution in [2.75, 3.05) is 7.11 Å². The third kappa shape index (κ3) is 5.78. The maximum Gasteiger partial charge on any atom is 0.248 e. The van der Waals surface area contributed by atoms with Gasteiger partial charge in [0.25, 0.3) is 0 Å². The monoisotopic (exact) mass is 218 g/mol. The second-order valence-electron chi connectivity index (χ2n) is 2.63. The minimum Gasteiger partial charge on any atom is -1.00 e.